The second-order valence-corrected chi connectivity index (χ2v) is 6.15. The third-order valence-electron chi connectivity index (χ3n) is 2.22. The number of carbonyl (C=O) groups is 1. The molecule has 1 aromatic rings. The minimum atomic E-state index is -0.772. The summed E-state index contributed by atoms with van der Waals surface area (Å²) in [7, 11) is 0. The maximum Gasteiger partial charge on any atom is 0.320 e. The van der Waals surface area contributed by atoms with Gasteiger partial charge in [-0.05, 0) is 23.3 Å². The maximum atomic E-state index is 11.1. The molecular formula is C12H19NO2S. The number of thiophene rings is 1. The van der Waals surface area contributed by atoms with Crippen molar-refractivity contribution in [2.24, 2.45) is 5.41 Å². The average Bonchev–Trinajstić information content (AvgIpc) is 2.62. The van der Waals surface area contributed by atoms with Crippen LogP contribution in [0.2, 0.25) is 0 Å². The highest BCUT2D eigenvalue weighted by Gasteiger charge is 2.23. The molecule has 0 bridgehead atoms. The van der Waals surface area contributed by atoms with Crippen molar-refractivity contribution in [3.8, 4) is 0 Å². The molecule has 0 aromatic carbocycles. The molecule has 1 unspecified atom stereocenters. The van der Waals surface area contributed by atoms with E-state index in [2.05, 4.69) is 26.1 Å². The molecule has 1 rings (SSSR count). The van der Waals surface area contributed by atoms with Crippen molar-refractivity contribution in [3.63, 3.8) is 0 Å². The molecule has 90 valence electrons. The first-order valence-electron chi connectivity index (χ1n) is 5.37. The van der Waals surface area contributed by atoms with Gasteiger partial charge in [-0.1, -0.05) is 26.8 Å². The van der Waals surface area contributed by atoms with Gasteiger partial charge in [-0.25, -0.2) is 0 Å². The van der Waals surface area contributed by atoms with E-state index in [-0.39, 0.29) is 5.41 Å². The van der Waals surface area contributed by atoms with Crippen molar-refractivity contribution >= 4 is 17.3 Å². The average molecular weight is 241 g/mol. The van der Waals surface area contributed by atoms with Crippen LogP contribution in [0.15, 0.2) is 17.5 Å². The first-order chi connectivity index (χ1) is 7.38. The quantitative estimate of drug-likeness (QED) is 0.833. The molecule has 3 nitrogen and oxygen atoms in total. The van der Waals surface area contributed by atoms with E-state index in [0.29, 0.717) is 13.0 Å². The van der Waals surface area contributed by atoms with Gasteiger partial charge >= 0.3 is 5.97 Å². The molecule has 4 heteroatoms. The minimum Gasteiger partial charge on any atom is -0.480 e. The molecule has 0 amide bonds. The Labute approximate surface area is 100 Å². The smallest absolute Gasteiger partial charge is 0.320 e. The number of rotatable bonds is 5. The van der Waals surface area contributed by atoms with E-state index in [9.17, 15) is 4.79 Å². The molecular weight excluding hydrogens is 222 g/mol. The van der Waals surface area contributed by atoms with Gasteiger partial charge in [0.2, 0.25) is 0 Å². The zero-order chi connectivity index (χ0) is 12.2. The van der Waals surface area contributed by atoms with Crippen LogP contribution < -0.4 is 5.32 Å². The van der Waals surface area contributed by atoms with Crippen molar-refractivity contribution < 1.29 is 9.90 Å². The second-order valence-electron chi connectivity index (χ2n) is 5.12. The van der Waals surface area contributed by atoms with Crippen LogP contribution >= 0.6 is 11.3 Å². The van der Waals surface area contributed by atoms with Crippen LogP contribution in [0.1, 0.15) is 32.1 Å². The van der Waals surface area contributed by atoms with E-state index >= 15 is 0 Å². The van der Waals surface area contributed by atoms with Gasteiger partial charge in [-0.3, -0.25) is 10.1 Å². The van der Waals surface area contributed by atoms with Gasteiger partial charge in [0, 0.05) is 11.4 Å². The molecule has 0 aliphatic carbocycles. The lowest BCUT2D eigenvalue weighted by Gasteiger charge is -2.23. The molecule has 0 spiro atoms. The number of carboxylic acids is 1. The van der Waals surface area contributed by atoms with Crippen LogP contribution in [0.3, 0.4) is 0 Å². The molecule has 2 N–H and O–H groups in total. The van der Waals surface area contributed by atoms with Crippen LogP contribution in [0.4, 0.5) is 0 Å². The molecule has 0 saturated carbocycles. The van der Waals surface area contributed by atoms with E-state index in [0.717, 1.165) is 0 Å². The van der Waals surface area contributed by atoms with Gasteiger partial charge in [0.25, 0.3) is 0 Å². The summed E-state index contributed by atoms with van der Waals surface area (Å²) in [6, 6.07) is 3.51. The van der Waals surface area contributed by atoms with E-state index in [1.165, 1.54) is 4.88 Å². The summed E-state index contributed by atoms with van der Waals surface area (Å²) >= 11 is 1.64. The highest BCUT2D eigenvalue weighted by molar-refractivity contribution is 7.09. The first kappa shape index (κ1) is 13.2. The summed E-state index contributed by atoms with van der Waals surface area (Å²) in [5, 5.41) is 14.2. The van der Waals surface area contributed by atoms with Crippen LogP contribution in [0.25, 0.3) is 0 Å². The predicted octanol–water partition coefficient (Wildman–Crippen LogP) is 2.73. The van der Waals surface area contributed by atoms with Gasteiger partial charge in [-0.2, -0.15) is 0 Å². The zero-order valence-corrected chi connectivity index (χ0v) is 10.8. The maximum absolute atomic E-state index is 11.1. The van der Waals surface area contributed by atoms with Crippen molar-refractivity contribution in [2.75, 3.05) is 0 Å². The minimum absolute atomic E-state index is 0.0194. The topological polar surface area (TPSA) is 49.3 Å². The highest BCUT2D eigenvalue weighted by Crippen LogP contribution is 2.21. The largest absolute Gasteiger partial charge is 0.480 e. The fraction of sp³-hybridized carbons (Fsp3) is 0.583. The number of nitrogens with one attached hydrogen (secondary N) is 1. The van der Waals surface area contributed by atoms with Gasteiger partial charge in [0.15, 0.2) is 0 Å². The van der Waals surface area contributed by atoms with Crippen LogP contribution in [-0.4, -0.2) is 17.1 Å². The van der Waals surface area contributed by atoms with Crippen LogP contribution in [0, 0.1) is 5.41 Å². The Morgan fingerprint density at radius 1 is 1.56 bits per heavy atom. The van der Waals surface area contributed by atoms with Crippen molar-refractivity contribution in [1.82, 2.24) is 5.32 Å². The van der Waals surface area contributed by atoms with Gasteiger partial charge < -0.3 is 5.11 Å². The number of aliphatic carboxylic acids is 1. The Morgan fingerprint density at radius 2 is 2.25 bits per heavy atom. The SMILES string of the molecule is CC(C)(C)CC(NCc1cccs1)C(=O)O. The van der Waals surface area contributed by atoms with Crippen molar-refractivity contribution in [2.45, 2.75) is 39.8 Å². The molecule has 0 saturated heterocycles. The van der Waals surface area contributed by atoms with E-state index in [1.807, 2.05) is 17.5 Å². The molecule has 0 radical (unpaired) electrons. The molecule has 0 fully saturated rings. The second kappa shape index (κ2) is 5.46. The molecule has 1 atom stereocenters. The van der Waals surface area contributed by atoms with E-state index < -0.39 is 12.0 Å². The molecule has 1 heterocycles. The van der Waals surface area contributed by atoms with Gasteiger partial charge in [-0.15, -0.1) is 11.3 Å². The summed E-state index contributed by atoms with van der Waals surface area (Å²) in [6.45, 7) is 6.78. The van der Waals surface area contributed by atoms with E-state index in [1.54, 1.807) is 11.3 Å². The molecule has 16 heavy (non-hydrogen) atoms. The monoisotopic (exact) mass is 241 g/mol. The predicted molar refractivity (Wildman–Crippen MR) is 66.7 cm³/mol. The van der Waals surface area contributed by atoms with E-state index in [4.69, 9.17) is 5.11 Å². The fourth-order valence-electron chi connectivity index (χ4n) is 1.50. The van der Waals surface area contributed by atoms with Crippen molar-refractivity contribution in [3.05, 3.63) is 22.4 Å². The molecule has 1 aromatic heterocycles. The first-order valence-corrected chi connectivity index (χ1v) is 6.25. The summed E-state index contributed by atoms with van der Waals surface area (Å²) in [5.41, 5.74) is 0.0194. The number of hydrogen-bond acceptors (Lipinski definition) is 3. The lowest BCUT2D eigenvalue weighted by atomic mass is 9.88. The third kappa shape index (κ3) is 4.77. The molecule has 0 aliphatic rings. The normalized spacial score (nSPS) is 13.7. The highest BCUT2D eigenvalue weighted by atomic mass is 32.1. The van der Waals surface area contributed by atoms with Crippen LogP contribution in [-0.2, 0) is 11.3 Å². The fourth-order valence-corrected chi connectivity index (χ4v) is 2.15. The Hall–Kier alpha value is -0.870. The lowest BCUT2D eigenvalue weighted by Crippen LogP contribution is -2.39. The standard InChI is InChI=1S/C12H19NO2S/c1-12(2,3)7-10(11(14)15)13-8-9-5-4-6-16-9/h4-6,10,13H,7-8H2,1-3H3,(H,14,15). The van der Waals surface area contributed by atoms with Gasteiger partial charge in [0.1, 0.15) is 6.04 Å². The Bertz CT molecular complexity index is 327. The Kier molecular flexibility index (Phi) is 4.50. The zero-order valence-electron chi connectivity index (χ0n) is 9.99. The lowest BCUT2D eigenvalue weighted by molar-refractivity contribution is -0.140. The van der Waals surface area contributed by atoms with Gasteiger partial charge in [0.05, 0.1) is 0 Å². The Balaban J connectivity index is 2.49. The van der Waals surface area contributed by atoms with Crippen LogP contribution in [0.5, 0.6) is 0 Å². The summed E-state index contributed by atoms with van der Waals surface area (Å²) in [4.78, 5) is 12.2. The molecule has 0 aliphatic heterocycles. The number of hydrogen-bond donors (Lipinski definition) is 2. The summed E-state index contributed by atoms with van der Waals surface area (Å²) < 4.78 is 0. The van der Waals surface area contributed by atoms with Crippen molar-refractivity contribution in [1.29, 1.82) is 0 Å². The number of carboxylic acid groups (broad SMARTS) is 1. The summed E-state index contributed by atoms with van der Waals surface area (Å²) in [6.07, 6.45) is 0.633. The third-order valence-corrected chi connectivity index (χ3v) is 3.09. The Morgan fingerprint density at radius 3 is 2.69 bits per heavy atom. The summed E-state index contributed by atoms with van der Waals surface area (Å²) in [5.74, 6) is -0.772.